The number of rotatable bonds is 9. The van der Waals surface area contributed by atoms with Crippen molar-refractivity contribution in [3.63, 3.8) is 0 Å². The number of fused-ring (bicyclic) bond motifs is 1. The molecule has 1 aliphatic heterocycles. The number of aromatic nitrogens is 3. The highest BCUT2D eigenvalue weighted by Crippen LogP contribution is 2.28. The lowest BCUT2D eigenvalue weighted by molar-refractivity contribution is -0.139. The van der Waals surface area contributed by atoms with Crippen molar-refractivity contribution in [1.82, 2.24) is 19.9 Å². The van der Waals surface area contributed by atoms with E-state index in [0.717, 1.165) is 60.6 Å². The van der Waals surface area contributed by atoms with Crippen LogP contribution in [0.15, 0.2) is 35.3 Å². The molecule has 4 rings (SSSR count). The van der Waals surface area contributed by atoms with Crippen molar-refractivity contribution < 1.29 is 19.7 Å². The van der Waals surface area contributed by atoms with E-state index in [1.165, 1.54) is 0 Å². The molecule has 9 heteroatoms. The minimum Gasteiger partial charge on any atom is -0.480 e. The maximum atomic E-state index is 11.9. The molecular weight excluding hydrogens is 424 g/mol. The summed E-state index contributed by atoms with van der Waals surface area (Å²) in [5.74, 6) is 0.293. The van der Waals surface area contributed by atoms with Crippen LogP contribution in [0.1, 0.15) is 30.4 Å². The summed E-state index contributed by atoms with van der Waals surface area (Å²) in [5, 5.41) is 21.4. The van der Waals surface area contributed by atoms with Gasteiger partial charge in [-0.25, -0.2) is 4.98 Å². The number of aromatic amines is 1. The number of hydrogen-bond acceptors (Lipinski definition) is 6. The predicted octanol–water partition coefficient (Wildman–Crippen LogP) is 2.05. The molecule has 0 unspecified atom stereocenters. The Morgan fingerprint density at radius 1 is 1.33 bits per heavy atom. The molecule has 0 bridgehead atoms. The van der Waals surface area contributed by atoms with E-state index in [1.54, 1.807) is 13.1 Å². The van der Waals surface area contributed by atoms with E-state index < -0.39 is 12.0 Å². The Hall–Kier alpha value is -3.01. The van der Waals surface area contributed by atoms with Gasteiger partial charge in [0, 0.05) is 50.2 Å². The van der Waals surface area contributed by atoms with Gasteiger partial charge in [-0.05, 0) is 55.9 Å². The van der Waals surface area contributed by atoms with Gasteiger partial charge >= 0.3 is 5.97 Å². The maximum absolute atomic E-state index is 11.9. The van der Waals surface area contributed by atoms with Crippen LogP contribution in [0.25, 0.3) is 22.4 Å². The minimum atomic E-state index is -0.985. The van der Waals surface area contributed by atoms with Gasteiger partial charge in [0.05, 0.1) is 11.0 Å². The summed E-state index contributed by atoms with van der Waals surface area (Å²) >= 11 is 0. The number of aliphatic hydroxyl groups is 1. The van der Waals surface area contributed by atoms with Crippen molar-refractivity contribution in [3.05, 3.63) is 51.9 Å². The SMILES string of the molecule is Cc1cc(-c2nc3cc(CN[C@@H](CCO)C(=O)O)ccc3n2CC2CCOCC2)c[nH]c1=O. The average molecular weight is 455 g/mol. The van der Waals surface area contributed by atoms with Gasteiger partial charge < -0.3 is 29.8 Å². The van der Waals surface area contributed by atoms with Crippen LogP contribution >= 0.6 is 0 Å². The summed E-state index contributed by atoms with van der Waals surface area (Å²) in [7, 11) is 0. The third kappa shape index (κ3) is 5.32. The number of carboxylic acids is 1. The molecule has 1 fully saturated rings. The fourth-order valence-electron chi connectivity index (χ4n) is 4.29. The molecule has 0 amide bonds. The standard InChI is InChI=1S/C24H30N4O5/c1-15-10-18(13-26-23(15)30)22-27-20-11-17(12-25-19(4-7-29)24(31)32)2-3-21(20)28(22)14-16-5-8-33-9-6-16/h2-3,10-11,13,16,19,25,29H,4-9,12,14H2,1H3,(H,26,30)(H,31,32)/t19-/m0/s1. The molecule has 1 saturated heterocycles. The highest BCUT2D eigenvalue weighted by Gasteiger charge is 2.21. The number of pyridine rings is 1. The lowest BCUT2D eigenvalue weighted by Crippen LogP contribution is -2.36. The third-order valence-corrected chi connectivity index (χ3v) is 6.21. The molecule has 3 heterocycles. The van der Waals surface area contributed by atoms with Gasteiger partial charge in [0.2, 0.25) is 0 Å². The summed E-state index contributed by atoms with van der Waals surface area (Å²) in [4.78, 5) is 30.9. The normalized spacial score (nSPS) is 15.7. The maximum Gasteiger partial charge on any atom is 0.320 e. The fourth-order valence-corrected chi connectivity index (χ4v) is 4.29. The number of benzene rings is 1. The molecule has 176 valence electrons. The number of nitrogens with zero attached hydrogens (tertiary/aromatic N) is 2. The Bertz CT molecular complexity index is 1180. The summed E-state index contributed by atoms with van der Waals surface area (Å²) in [6, 6.07) is 6.99. The van der Waals surface area contributed by atoms with Crippen LogP contribution in [-0.2, 0) is 22.6 Å². The first-order valence-corrected chi connectivity index (χ1v) is 11.3. The Kier molecular flexibility index (Phi) is 7.22. The van der Waals surface area contributed by atoms with Crippen molar-refractivity contribution in [2.45, 2.75) is 45.3 Å². The molecule has 1 atom stereocenters. The first-order valence-electron chi connectivity index (χ1n) is 11.3. The lowest BCUT2D eigenvalue weighted by Gasteiger charge is -2.23. The van der Waals surface area contributed by atoms with E-state index in [2.05, 4.69) is 14.9 Å². The molecule has 3 aromatic rings. The van der Waals surface area contributed by atoms with Crippen molar-refractivity contribution in [2.24, 2.45) is 5.92 Å². The van der Waals surface area contributed by atoms with E-state index in [1.807, 2.05) is 24.3 Å². The monoisotopic (exact) mass is 454 g/mol. The topological polar surface area (TPSA) is 129 Å². The van der Waals surface area contributed by atoms with Crippen molar-refractivity contribution >= 4 is 17.0 Å². The first kappa shape index (κ1) is 23.2. The number of carboxylic acid groups (broad SMARTS) is 1. The van der Waals surface area contributed by atoms with Crippen molar-refractivity contribution in [1.29, 1.82) is 0 Å². The van der Waals surface area contributed by atoms with Crippen LogP contribution in [0.3, 0.4) is 0 Å². The largest absolute Gasteiger partial charge is 0.480 e. The summed E-state index contributed by atoms with van der Waals surface area (Å²) in [6.07, 6.45) is 3.83. The smallest absolute Gasteiger partial charge is 0.320 e. The number of imidazole rings is 1. The average Bonchev–Trinajstić information content (AvgIpc) is 3.16. The van der Waals surface area contributed by atoms with Gasteiger partial charge in [-0.2, -0.15) is 0 Å². The van der Waals surface area contributed by atoms with Gasteiger partial charge in [-0.3, -0.25) is 9.59 Å². The number of H-pyrrole nitrogens is 1. The summed E-state index contributed by atoms with van der Waals surface area (Å²) in [5.41, 5.74) is 4.08. The van der Waals surface area contributed by atoms with E-state index >= 15 is 0 Å². The molecule has 0 aliphatic carbocycles. The molecule has 1 aliphatic rings. The Labute approximate surface area is 191 Å². The van der Waals surface area contributed by atoms with Crippen LogP contribution in [0.5, 0.6) is 0 Å². The van der Waals surface area contributed by atoms with Crippen LogP contribution < -0.4 is 10.9 Å². The first-order chi connectivity index (χ1) is 16.0. The number of aryl methyl sites for hydroxylation is 1. The van der Waals surface area contributed by atoms with Crippen LogP contribution in [0.2, 0.25) is 0 Å². The predicted molar refractivity (Wildman–Crippen MR) is 124 cm³/mol. The second kappa shape index (κ2) is 10.3. The summed E-state index contributed by atoms with van der Waals surface area (Å²) < 4.78 is 7.73. The van der Waals surface area contributed by atoms with Crippen LogP contribution in [0.4, 0.5) is 0 Å². The second-order valence-electron chi connectivity index (χ2n) is 8.61. The summed E-state index contributed by atoms with van der Waals surface area (Å²) in [6.45, 7) is 4.28. The molecule has 0 saturated carbocycles. The molecule has 1 aromatic carbocycles. The zero-order chi connectivity index (χ0) is 23.4. The van der Waals surface area contributed by atoms with E-state index in [0.29, 0.717) is 18.0 Å². The quantitative estimate of drug-likeness (QED) is 0.389. The third-order valence-electron chi connectivity index (χ3n) is 6.21. The van der Waals surface area contributed by atoms with Crippen LogP contribution in [0, 0.1) is 12.8 Å². The number of aliphatic carboxylic acids is 1. The second-order valence-corrected chi connectivity index (χ2v) is 8.61. The number of hydrogen-bond donors (Lipinski definition) is 4. The number of carbonyl (C=O) groups is 1. The van der Waals surface area contributed by atoms with Gasteiger partial charge in [-0.15, -0.1) is 0 Å². The molecule has 9 nitrogen and oxygen atoms in total. The van der Waals surface area contributed by atoms with Gasteiger partial charge in [0.15, 0.2) is 0 Å². The Balaban J connectivity index is 1.68. The highest BCUT2D eigenvalue weighted by atomic mass is 16.5. The molecule has 0 radical (unpaired) electrons. The molecule has 2 aromatic heterocycles. The zero-order valence-electron chi connectivity index (χ0n) is 18.7. The van der Waals surface area contributed by atoms with Crippen molar-refractivity contribution in [2.75, 3.05) is 19.8 Å². The van der Waals surface area contributed by atoms with E-state index in [-0.39, 0.29) is 18.6 Å². The molecular formula is C24H30N4O5. The number of aliphatic hydroxyl groups excluding tert-OH is 1. The number of nitrogens with one attached hydrogen (secondary N) is 2. The Morgan fingerprint density at radius 2 is 2.12 bits per heavy atom. The van der Waals surface area contributed by atoms with Gasteiger partial charge in [0.25, 0.3) is 5.56 Å². The Morgan fingerprint density at radius 3 is 2.82 bits per heavy atom. The number of ether oxygens (including phenoxy) is 1. The van der Waals surface area contributed by atoms with Gasteiger partial charge in [0.1, 0.15) is 11.9 Å². The fraction of sp³-hybridized carbons (Fsp3) is 0.458. The van der Waals surface area contributed by atoms with E-state index in [9.17, 15) is 14.7 Å². The van der Waals surface area contributed by atoms with Gasteiger partial charge in [-0.1, -0.05) is 6.07 Å². The minimum absolute atomic E-state index is 0.116. The van der Waals surface area contributed by atoms with Crippen molar-refractivity contribution in [3.8, 4) is 11.4 Å². The zero-order valence-corrected chi connectivity index (χ0v) is 18.7. The van der Waals surface area contributed by atoms with E-state index in [4.69, 9.17) is 14.8 Å². The lowest BCUT2D eigenvalue weighted by atomic mass is 10.00. The van der Waals surface area contributed by atoms with Crippen LogP contribution in [-0.4, -0.2) is 56.6 Å². The molecule has 4 N–H and O–H groups in total. The highest BCUT2D eigenvalue weighted by molar-refractivity contribution is 5.81. The molecule has 33 heavy (non-hydrogen) atoms. The molecule has 0 spiro atoms.